The van der Waals surface area contributed by atoms with Gasteiger partial charge in [0.15, 0.2) is 5.84 Å². The van der Waals surface area contributed by atoms with Crippen molar-refractivity contribution < 1.29 is 8.83 Å². The normalized spacial score (nSPS) is 13.0. The van der Waals surface area contributed by atoms with Gasteiger partial charge in [-0.2, -0.15) is 0 Å². The van der Waals surface area contributed by atoms with E-state index in [-0.39, 0.29) is 0 Å². The van der Waals surface area contributed by atoms with Crippen LogP contribution in [-0.4, -0.2) is 17.3 Å². The molecule has 0 aliphatic carbocycles. The topological polar surface area (TPSA) is 63.4 Å². The van der Waals surface area contributed by atoms with Gasteiger partial charge in [-0.1, -0.05) is 147 Å². The molecule has 0 aliphatic heterocycles. The van der Waals surface area contributed by atoms with Crippen molar-refractivity contribution in [3.05, 3.63) is 221 Å². The highest BCUT2D eigenvalue weighted by Gasteiger charge is 2.18. The third kappa shape index (κ3) is 7.58. The number of para-hydroxylation sites is 1. The summed E-state index contributed by atoms with van der Waals surface area (Å²) in [6, 6.07) is 55.4. The Hall–Kier alpha value is -7.63. The maximum atomic E-state index is 6.60. The van der Waals surface area contributed by atoms with Crippen LogP contribution in [0.25, 0.3) is 60.8 Å². The van der Waals surface area contributed by atoms with E-state index in [0.29, 0.717) is 18.0 Å². The van der Waals surface area contributed by atoms with Gasteiger partial charge in [0.2, 0.25) is 0 Å². The molecule has 0 fully saturated rings. The first-order chi connectivity index (χ1) is 29.8. The summed E-state index contributed by atoms with van der Waals surface area (Å²) >= 11 is 0. The van der Waals surface area contributed by atoms with Gasteiger partial charge in [-0.25, -0.2) is 9.98 Å². The standard InChI is InChI=1S/C56H45N3O2/c1-7-49(59-55(44-24-15-14-19-35(44)2)37(4)36(3)42-30-32-51-48(33-42)46-25-16-17-27-50(46)60-51)43-29-31-47-53(34-43)61-52-28-18-26-45(54(47)52)39(6)58-56(41-22-12-9-13-23-41)57-38(5)40-20-10-8-11-21-40/h8-34H,3,6-7H2,1-2,4-5H3/b55-37-,57-38?,58-56?,59-49?. The van der Waals surface area contributed by atoms with Gasteiger partial charge in [-0.15, -0.1) is 0 Å². The van der Waals surface area contributed by atoms with Crippen LogP contribution in [-0.2, 0) is 0 Å². The molecule has 0 amide bonds. The van der Waals surface area contributed by atoms with Gasteiger partial charge in [0, 0.05) is 49.7 Å². The molecule has 0 spiro atoms. The molecule has 0 N–H and O–H groups in total. The average Bonchev–Trinajstić information content (AvgIpc) is 3.87. The van der Waals surface area contributed by atoms with E-state index in [4.69, 9.17) is 23.8 Å². The smallest absolute Gasteiger partial charge is 0.160 e. The third-order valence-electron chi connectivity index (χ3n) is 11.4. The molecule has 61 heavy (non-hydrogen) atoms. The predicted molar refractivity (Wildman–Crippen MR) is 258 cm³/mol. The molecule has 5 nitrogen and oxygen atoms in total. The Kier molecular flexibility index (Phi) is 10.5. The van der Waals surface area contributed by atoms with Crippen molar-refractivity contribution in [2.24, 2.45) is 15.0 Å². The molecule has 0 radical (unpaired) electrons. The Morgan fingerprint density at radius 3 is 1.92 bits per heavy atom. The number of nitrogens with zero attached hydrogens (tertiary/aromatic N) is 3. The van der Waals surface area contributed by atoms with Gasteiger partial charge in [0.1, 0.15) is 22.3 Å². The van der Waals surface area contributed by atoms with E-state index in [1.165, 1.54) is 0 Å². The summed E-state index contributed by atoms with van der Waals surface area (Å²) in [7, 11) is 0. The van der Waals surface area contributed by atoms with Gasteiger partial charge in [0.05, 0.1) is 11.4 Å². The second kappa shape index (κ2) is 16.6. The van der Waals surface area contributed by atoms with Crippen LogP contribution >= 0.6 is 0 Å². The lowest BCUT2D eigenvalue weighted by molar-refractivity contribution is 0.668. The van der Waals surface area contributed by atoms with Crippen molar-refractivity contribution in [3.8, 4) is 0 Å². The van der Waals surface area contributed by atoms with Crippen LogP contribution in [0.4, 0.5) is 0 Å². The Bertz CT molecular complexity index is 3280. The number of aliphatic imine (C=N–C) groups is 3. The van der Waals surface area contributed by atoms with Crippen LogP contribution in [0.15, 0.2) is 206 Å². The zero-order valence-electron chi connectivity index (χ0n) is 34.9. The number of amidine groups is 1. The molecule has 0 aliphatic rings. The zero-order chi connectivity index (χ0) is 42.0. The fraction of sp³-hybridized carbons (Fsp3) is 0.0893. The molecule has 7 aromatic carbocycles. The number of furan rings is 2. The summed E-state index contributed by atoms with van der Waals surface area (Å²) in [5.74, 6) is 0.592. The van der Waals surface area contributed by atoms with E-state index < -0.39 is 0 Å². The van der Waals surface area contributed by atoms with Crippen LogP contribution in [0.5, 0.6) is 0 Å². The monoisotopic (exact) mass is 791 g/mol. The molecule has 2 heterocycles. The molecule has 9 rings (SSSR count). The molecule has 0 unspecified atom stereocenters. The van der Waals surface area contributed by atoms with Crippen molar-refractivity contribution in [2.45, 2.75) is 34.1 Å². The zero-order valence-corrected chi connectivity index (χ0v) is 34.9. The summed E-state index contributed by atoms with van der Waals surface area (Å²) in [6.07, 6.45) is 0.704. The minimum Gasteiger partial charge on any atom is -0.456 e. The first kappa shape index (κ1) is 38.9. The largest absolute Gasteiger partial charge is 0.456 e. The van der Waals surface area contributed by atoms with Crippen LogP contribution in [0.2, 0.25) is 0 Å². The van der Waals surface area contributed by atoms with E-state index in [1.54, 1.807) is 0 Å². The van der Waals surface area contributed by atoms with Crippen molar-refractivity contribution >= 4 is 78.1 Å². The quantitative estimate of drug-likeness (QED) is 0.0787. The maximum Gasteiger partial charge on any atom is 0.160 e. The highest BCUT2D eigenvalue weighted by Crippen LogP contribution is 2.38. The maximum absolute atomic E-state index is 6.60. The van der Waals surface area contributed by atoms with Crippen LogP contribution in [0, 0.1) is 6.92 Å². The molecule has 0 saturated carbocycles. The molecular weight excluding hydrogens is 747 g/mol. The molecule has 9 aromatic rings. The van der Waals surface area contributed by atoms with Gasteiger partial charge in [-0.3, -0.25) is 4.99 Å². The van der Waals surface area contributed by atoms with E-state index in [0.717, 1.165) is 111 Å². The molecular formula is C56H45N3O2. The lowest BCUT2D eigenvalue weighted by atomic mass is 9.93. The molecule has 0 saturated heterocycles. The Labute approximate surface area is 356 Å². The predicted octanol–water partition coefficient (Wildman–Crippen LogP) is 15.1. The number of aryl methyl sites for hydroxylation is 1. The number of hydrogen-bond donors (Lipinski definition) is 0. The molecule has 2 aromatic heterocycles. The lowest BCUT2D eigenvalue weighted by Gasteiger charge is -2.16. The van der Waals surface area contributed by atoms with Crippen molar-refractivity contribution in [1.82, 2.24) is 0 Å². The second-order valence-corrected chi connectivity index (χ2v) is 15.3. The SMILES string of the molecule is C=C(/C(C)=C(\N=C(CC)c1ccc2c(c1)oc1cccc(C(=C)N=C(N=C(C)c3ccccc3)c3ccccc3)c12)c1ccccc1C)c1ccc2oc3ccccc3c2c1. The lowest BCUT2D eigenvalue weighted by Crippen LogP contribution is -2.04. The summed E-state index contributed by atoms with van der Waals surface area (Å²) in [5.41, 5.74) is 15.5. The first-order valence-electron chi connectivity index (χ1n) is 20.6. The number of benzene rings is 7. The number of fused-ring (bicyclic) bond motifs is 6. The van der Waals surface area contributed by atoms with Crippen LogP contribution < -0.4 is 0 Å². The Morgan fingerprint density at radius 2 is 1.15 bits per heavy atom. The number of hydrogen-bond acceptors (Lipinski definition) is 4. The summed E-state index contributed by atoms with van der Waals surface area (Å²) in [4.78, 5) is 15.6. The number of rotatable bonds is 10. The minimum absolute atomic E-state index is 0.592. The minimum atomic E-state index is 0.592. The van der Waals surface area contributed by atoms with E-state index in [9.17, 15) is 0 Å². The van der Waals surface area contributed by atoms with E-state index in [2.05, 4.69) is 107 Å². The fourth-order valence-corrected chi connectivity index (χ4v) is 8.02. The van der Waals surface area contributed by atoms with Gasteiger partial charge in [-0.05, 0) is 97.0 Å². The molecule has 0 atom stereocenters. The van der Waals surface area contributed by atoms with Gasteiger partial charge < -0.3 is 8.83 Å². The molecule has 5 heteroatoms. The number of allylic oxidation sites excluding steroid dienone is 2. The summed E-state index contributed by atoms with van der Waals surface area (Å²) < 4.78 is 12.7. The fourth-order valence-electron chi connectivity index (χ4n) is 8.02. The Morgan fingerprint density at radius 1 is 0.508 bits per heavy atom. The van der Waals surface area contributed by atoms with Crippen LogP contribution in [0.3, 0.4) is 0 Å². The third-order valence-corrected chi connectivity index (χ3v) is 11.4. The molecule has 296 valence electrons. The second-order valence-electron chi connectivity index (χ2n) is 15.3. The van der Waals surface area contributed by atoms with E-state index in [1.807, 2.05) is 97.9 Å². The van der Waals surface area contributed by atoms with Crippen molar-refractivity contribution in [3.63, 3.8) is 0 Å². The van der Waals surface area contributed by atoms with Crippen LogP contribution in [0.1, 0.15) is 66.1 Å². The van der Waals surface area contributed by atoms with Crippen molar-refractivity contribution in [1.29, 1.82) is 0 Å². The summed E-state index contributed by atoms with van der Waals surface area (Å²) in [5, 5.41) is 4.09. The summed E-state index contributed by atoms with van der Waals surface area (Å²) in [6.45, 7) is 17.5. The highest BCUT2D eigenvalue weighted by molar-refractivity contribution is 6.16. The van der Waals surface area contributed by atoms with Gasteiger partial charge in [0.25, 0.3) is 0 Å². The van der Waals surface area contributed by atoms with Gasteiger partial charge >= 0.3 is 0 Å². The highest BCUT2D eigenvalue weighted by atomic mass is 16.3. The van der Waals surface area contributed by atoms with Crippen molar-refractivity contribution in [2.75, 3.05) is 0 Å². The average molecular weight is 792 g/mol. The first-order valence-corrected chi connectivity index (χ1v) is 20.6. The van der Waals surface area contributed by atoms with E-state index >= 15 is 0 Å². The molecule has 0 bridgehead atoms. The Balaban J connectivity index is 1.12.